The lowest BCUT2D eigenvalue weighted by Gasteiger charge is -2.12. The van der Waals surface area contributed by atoms with Gasteiger partial charge in [-0.1, -0.05) is 0 Å². The van der Waals surface area contributed by atoms with E-state index in [1.165, 1.54) is 14.0 Å². The fourth-order valence-corrected chi connectivity index (χ4v) is 1.68. The molecule has 0 aliphatic carbocycles. The number of anilines is 1. The Hall–Kier alpha value is -1.63. The van der Waals surface area contributed by atoms with E-state index < -0.39 is 23.8 Å². The Kier molecular flexibility index (Phi) is 4.66. The van der Waals surface area contributed by atoms with E-state index in [-0.39, 0.29) is 15.7 Å². The van der Waals surface area contributed by atoms with Crippen molar-refractivity contribution in [3.05, 3.63) is 28.0 Å². The van der Waals surface area contributed by atoms with Crippen LogP contribution in [0.2, 0.25) is 0 Å². The van der Waals surface area contributed by atoms with E-state index in [9.17, 15) is 14.0 Å². The molecule has 98 valence electrons. The van der Waals surface area contributed by atoms with Crippen LogP contribution < -0.4 is 11.1 Å². The average molecular weight is 319 g/mol. The van der Waals surface area contributed by atoms with Crippen LogP contribution in [0, 0.1) is 5.82 Å². The molecule has 0 radical (unpaired) electrons. The van der Waals surface area contributed by atoms with Crippen LogP contribution in [-0.4, -0.2) is 25.0 Å². The van der Waals surface area contributed by atoms with Gasteiger partial charge in [0, 0.05) is 11.5 Å². The molecule has 1 aromatic carbocycles. The van der Waals surface area contributed by atoms with Gasteiger partial charge in [0.25, 0.3) is 5.91 Å². The van der Waals surface area contributed by atoms with Crippen molar-refractivity contribution in [2.45, 2.75) is 13.0 Å². The Bertz CT molecular complexity index is 493. The lowest BCUT2D eigenvalue weighted by molar-refractivity contribution is -0.128. The van der Waals surface area contributed by atoms with Gasteiger partial charge in [0.2, 0.25) is 0 Å². The third-order valence-electron chi connectivity index (χ3n) is 2.21. The van der Waals surface area contributed by atoms with Crippen LogP contribution in [-0.2, 0) is 9.53 Å². The van der Waals surface area contributed by atoms with Gasteiger partial charge in [-0.3, -0.25) is 4.79 Å². The molecule has 0 bridgehead atoms. The highest BCUT2D eigenvalue weighted by atomic mass is 79.9. The minimum Gasteiger partial charge on any atom is -0.449 e. The predicted molar refractivity (Wildman–Crippen MR) is 67.5 cm³/mol. The van der Waals surface area contributed by atoms with Crippen LogP contribution >= 0.6 is 15.9 Å². The number of rotatable bonds is 3. The van der Waals surface area contributed by atoms with E-state index in [1.54, 1.807) is 0 Å². The average Bonchev–Trinajstić information content (AvgIpc) is 2.32. The number of carbonyl (C=O) groups excluding carboxylic acids is 2. The zero-order valence-corrected chi connectivity index (χ0v) is 11.4. The van der Waals surface area contributed by atoms with Crippen molar-refractivity contribution in [2.24, 2.45) is 0 Å². The molecule has 5 nitrogen and oxygen atoms in total. The number of hydrogen-bond acceptors (Lipinski definition) is 4. The first-order valence-electron chi connectivity index (χ1n) is 5.04. The van der Waals surface area contributed by atoms with Crippen LogP contribution in [0.25, 0.3) is 0 Å². The summed E-state index contributed by atoms with van der Waals surface area (Å²) in [5, 5.41) is 2.34. The second-order valence-corrected chi connectivity index (χ2v) is 4.37. The summed E-state index contributed by atoms with van der Waals surface area (Å²) in [6.45, 7) is 1.43. The Labute approximate surface area is 112 Å². The van der Waals surface area contributed by atoms with Crippen molar-refractivity contribution in [1.29, 1.82) is 0 Å². The van der Waals surface area contributed by atoms with E-state index in [0.29, 0.717) is 0 Å². The highest BCUT2D eigenvalue weighted by Gasteiger charge is 2.20. The summed E-state index contributed by atoms with van der Waals surface area (Å²) in [6, 6.07) is 2.22. The van der Waals surface area contributed by atoms with Gasteiger partial charge >= 0.3 is 5.97 Å². The largest absolute Gasteiger partial charge is 0.449 e. The van der Waals surface area contributed by atoms with Crippen molar-refractivity contribution < 1.29 is 18.7 Å². The lowest BCUT2D eigenvalue weighted by atomic mass is 10.2. The zero-order chi connectivity index (χ0) is 13.9. The third-order valence-corrected chi connectivity index (χ3v) is 2.86. The molecular formula is C11H12BrFN2O3. The molecule has 1 amide bonds. The molecule has 0 saturated carbocycles. The number of halogens is 2. The molecule has 1 unspecified atom stereocenters. The van der Waals surface area contributed by atoms with Gasteiger partial charge in [0.1, 0.15) is 5.82 Å². The summed E-state index contributed by atoms with van der Waals surface area (Å²) in [5.41, 5.74) is 5.25. The second kappa shape index (κ2) is 5.81. The van der Waals surface area contributed by atoms with Crippen LogP contribution in [0.5, 0.6) is 0 Å². The quantitative estimate of drug-likeness (QED) is 0.653. The van der Waals surface area contributed by atoms with Crippen molar-refractivity contribution in [1.82, 2.24) is 5.32 Å². The van der Waals surface area contributed by atoms with E-state index in [0.717, 1.165) is 12.1 Å². The molecule has 0 saturated heterocycles. The summed E-state index contributed by atoms with van der Waals surface area (Å²) in [4.78, 5) is 22.9. The number of carbonyl (C=O) groups is 2. The van der Waals surface area contributed by atoms with Gasteiger partial charge in [-0.15, -0.1) is 0 Å². The Balaban J connectivity index is 2.91. The van der Waals surface area contributed by atoms with Crippen LogP contribution in [0.1, 0.15) is 17.3 Å². The third kappa shape index (κ3) is 3.19. The minimum absolute atomic E-state index is 0.0599. The van der Waals surface area contributed by atoms with Crippen molar-refractivity contribution in [2.75, 3.05) is 12.8 Å². The molecule has 18 heavy (non-hydrogen) atoms. The molecule has 0 aliphatic rings. The van der Waals surface area contributed by atoms with Gasteiger partial charge in [0.15, 0.2) is 6.10 Å². The number of nitrogens with two attached hydrogens (primary N) is 1. The molecule has 0 heterocycles. The summed E-state index contributed by atoms with van der Waals surface area (Å²) >= 11 is 3.03. The molecule has 3 N–H and O–H groups in total. The fourth-order valence-electron chi connectivity index (χ4n) is 1.20. The highest BCUT2D eigenvalue weighted by molar-refractivity contribution is 9.10. The topological polar surface area (TPSA) is 81.4 Å². The molecule has 0 aromatic heterocycles. The molecule has 1 atom stereocenters. The van der Waals surface area contributed by atoms with Crippen molar-refractivity contribution in [3.8, 4) is 0 Å². The van der Waals surface area contributed by atoms with Gasteiger partial charge < -0.3 is 15.8 Å². The predicted octanol–water partition coefficient (Wildman–Crippen LogP) is 1.46. The molecule has 1 rings (SSSR count). The maximum atomic E-state index is 13.1. The van der Waals surface area contributed by atoms with Gasteiger partial charge in [0.05, 0.1) is 11.3 Å². The summed E-state index contributed by atoms with van der Waals surface area (Å²) in [7, 11) is 1.43. The van der Waals surface area contributed by atoms with Gasteiger partial charge in [-0.2, -0.15) is 0 Å². The number of esters is 1. The number of nitrogens with one attached hydrogen (secondary N) is 1. The van der Waals surface area contributed by atoms with E-state index >= 15 is 0 Å². The molecule has 1 aromatic rings. The monoisotopic (exact) mass is 318 g/mol. The maximum absolute atomic E-state index is 13.1. The van der Waals surface area contributed by atoms with Crippen LogP contribution in [0.4, 0.5) is 10.1 Å². The smallest absolute Gasteiger partial charge is 0.340 e. The van der Waals surface area contributed by atoms with Crippen LogP contribution in [0.15, 0.2) is 16.6 Å². The number of nitrogen functional groups attached to an aromatic ring is 1. The normalized spacial score (nSPS) is 11.8. The first kappa shape index (κ1) is 14.4. The number of ether oxygens (including phenoxy) is 1. The Morgan fingerprint density at radius 1 is 1.50 bits per heavy atom. The number of amides is 1. The van der Waals surface area contributed by atoms with Crippen molar-refractivity contribution in [3.63, 3.8) is 0 Å². The summed E-state index contributed by atoms with van der Waals surface area (Å²) < 4.78 is 18.2. The standard InChI is InChI=1S/C11H12BrFN2O3/c1-5(10(16)15-2)18-11(17)6-3-9(14)8(13)4-7(6)12/h3-5H,14H2,1-2H3,(H,15,16). The molecule has 0 aliphatic heterocycles. The van der Waals surface area contributed by atoms with Crippen molar-refractivity contribution >= 4 is 33.5 Å². The zero-order valence-electron chi connectivity index (χ0n) is 9.79. The van der Waals surface area contributed by atoms with E-state index in [4.69, 9.17) is 10.5 Å². The number of likely N-dealkylation sites (N-methyl/N-ethyl adjacent to an activating group) is 1. The highest BCUT2D eigenvalue weighted by Crippen LogP contribution is 2.23. The number of hydrogen-bond donors (Lipinski definition) is 2. The molecule has 0 spiro atoms. The first-order valence-corrected chi connectivity index (χ1v) is 5.83. The minimum atomic E-state index is -0.944. The lowest BCUT2D eigenvalue weighted by Crippen LogP contribution is -2.33. The fraction of sp³-hybridized carbons (Fsp3) is 0.273. The molecule has 0 fully saturated rings. The Morgan fingerprint density at radius 3 is 2.67 bits per heavy atom. The molecule has 7 heteroatoms. The summed E-state index contributed by atoms with van der Waals surface area (Å²) in [5.74, 6) is -1.84. The van der Waals surface area contributed by atoms with Gasteiger partial charge in [-0.05, 0) is 35.0 Å². The number of benzene rings is 1. The van der Waals surface area contributed by atoms with E-state index in [1.807, 2.05) is 0 Å². The first-order chi connectivity index (χ1) is 8.36. The maximum Gasteiger partial charge on any atom is 0.340 e. The second-order valence-electron chi connectivity index (χ2n) is 3.52. The summed E-state index contributed by atoms with van der Waals surface area (Å²) in [6.07, 6.45) is -0.944. The molecular weight excluding hydrogens is 307 g/mol. The Morgan fingerprint density at radius 2 is 2.11 bits per heavy atom. The SMILES string of the molecule is CNC(=O)C(C)OC(=O)c1cc(N)c(F)cc1Br. The van der Waals surface area contributed by atoms with Gasteiger partial charge in [-0.25, -0.2) is 9.18 Å². The van der Waals surface area contributed by atoms with Crippen LogP contribution in [0.3, 0.4) is 0 Å². The van der Waals surface area contributed by atoms with E-state index in [2.05, 4.69) is 21.2 Å².